The van der Waals surface area contributed by atoms with Crippen molar-refractivity contribution >= 4 is 0 Å². The van der Waals surface area contributed by atoms with Crippen LogP contribution >= 0.6 is 0 Å². The van der Waals surface area contributed by atoms with E-state index in [4.69, 9.17) is 0 Å². The van der Waals surface area contributed by atoms with Gasteiger partial charge in [-0.05, 0) is 55.8 Å². The summed E-state index contributed by atoms with van der Waals surface area (Å²) >= 11 is 0. The molecule has 2 nitrogen and oxygen atoms in total. The van der Waals surface area contributed by atoms with Crippen LogP contribution in [0.5, 0.6) is 0 Å². The lowest BCUT2D eigenvalue weighted by Crippen LogP contribution is -2.58. The Kier molecular flexibility index (Phi) is 3.85. The third kappa shape index (κ3) is 2.14. The van der Waals surface area contributed by atoms with Gasteiger partial charge in [0.15, 0.2) is 0 Å². The predicted molar refractivity (Wildman–Crippen MR) is 90.4 cm³/mol. The molecule has 124 valence electrons. The topological polar surface area (TPSA) is 40.5 Å². The Hall–Kier alpha value is -0.600. The SMILES string of the molecule is C=C[C@]1(C)C=C2CCC3[C@](C)(CO)C(O)CC[C@]3(C)C2CC1. The molecule has 0 radical (unpaired) electrons. The van der Waals surface area contributed by atoms with Crippen LogP contribution in [0.25, 0.3) is 0 Å². The van der Waals surface area contributed by atoms with Gasteiger partial charge in [-0.15, -0.1) is 6.58 Å². The summed E-state index contributed by atoms with van der Waals surface area (Å²) in [6.07, 6.45) is 10.8. The first-order chi connectivity index (χ1) is 10.3. The van der Waals surface area contributed by atoms with E-state index in [1.165, 1.54) is 12.8 Å². The molecule has 22 heavy (non-hydrogen) atoms. The number of fused-ring (bicyclic) bond motifs is 3. The van der Waals surface area contributed by atoms with Crippen molar-refractivity contribution in [2.24, 2.45) is 28.1 Å². The van der Waals surface area contributed by atoms with E-state index in [-0.39, 0.29) is 29.0 Å². The molecule has 0 aromatic heterocycles. The summed E-state index contributed by atoms with van der Waals surface area (Å²) in [5, 5.41) is 20.5. The first-order valence-corrected chi connectivity index (χ1v) is 8.93. The molecule has 2 N–H and O–H groups in total. The minimum atomic E-state index is -0.358. The maximum atomic E-state index is 10.5. The summed E-state index contributed by atoms with van der Waals surface area (Å²) in [6, 6.07) is 0. The van der Waals surface area contributed by atoms with Crippen LogP contribution in [-0.4, -0.2) is 22.9 Å². The van der Waals surface area contributed by atoms with Gasteiger partial charge < -0.3 is 10.2 Å². The lowest BCUT2D eigenvalue weighted by atomic mass is 9.44. The third-order valence-corrected chi connectivity index (χ3v) is 7.57. The summed E-state index contributed by atoms with van der Waals surface area (Å²) in [5.41, 5.74) is 1.66. The van der Waals surface area contributed by atoms with Gasteiger partial charge in [0.05, 0.1) is 12.7 Å². The average molecular weight is 304 g/mol. The van der Waals surface area contributed by atoms with Gasteiger partial charge in [-0.2, -0.15) is 0 Å². The Morgan fingerprint density at radius 1 is 1.23 bits per heavy atom. The van der Waals surface area contributed by atoms with E-state index in [0.29, 0.717) is 11.8 Å². The van der Waals surface area contributed by atoms with E-state index in [0.717, 1.165) is 25.7 Å². The van der Waals surface area contributed by atoms with E-state index < -0.39 is 0 Å². The van der Waals surface area contributed by atoms with Crippen LogP contribution in [0, 0.1) is 28.1 Å². The van der Waals surface area contributed by atoms with Crippen LogP contribution in [0.2, 0.25) is 0 Å². The van der Waals surface area contributed by atoms with Gasteiger partial charge in [0, 0.05) is 10.8 Å². The van der Waals surface area contributed by atoms with Gasteiger partial charge in [-0.1, -0.05) is 38.5 Å². The van der Waals surface area contributed by atoms with Crippen LogP contribution in [0.1, 0.15) is 59.3 Å². The zero-order valence-corrected chi connectivity index (χ0v) is 14.4. The van der Waals surface area contributed by atoms with Crippen molar-refractivity contribution in [2.75, 3.05) is 6.61 Å². The second-order valence-electron chi connectivity index (χ2n) is 8.84. The van der Waals surface area contributed by atoms with E-state index in [9.17, 15) is 10.2 Å². The number of rotatable bonds is 2. The average Bonchev–Trinajstić information content (AvgIpc) is 2.51. The summed E-state index contributed by atoms with van der Waals surface area (Å²) in [7, 11) is 0. The molecule has 0 amide bonds. The fourth-order valence-electron chi connectivity index (χ4n) is 5.94. The fourth-order valence-corrected chi connectivity index (χ4v) is 5.94. The molecule has 2 heteroatoms. The molecule has 0 saturated heterocycles. The van der Waals surface area contributed by atoms with Crippen molar-refractivity contribution in [2.45, 2.75) is 65.4 Å². The molecular formula is C20H32O2. The Morgan fingerprint density at radius 2 is 1.95 bits per heavy atom. The van der Waals surface area contributed by atoms with Crippen LogP contribution in [0.15, 0.2) is 24.3 Å². The molecule has 0 aromatic rings. The summed E-state index contributed by atoms with van der Waals surface area (Å²) in [4.78, 5) is 0. The second-order valence-corrected chi connectivity index (χ2v) is 8.84. The normalized spacial score (nSPS) is 51.5. The van der Waals surface area contributed by atoms with Gasteiger partial charge in [0.2, 0.25) is 0 Å². The number of hydrogen-bond donors (Lipinski definition) is 2. The van der Waals surface area contributed by atoms with E-state index in [1.54, 1.807) is 5.57 Å². The van der Waals surface area contributed by atoms with Crippen LogP contribution in [-0.2, 0) is 0 Å². The van der Waals surface area contributed by atoms with Crippen LogP contribution in [0.4, 0.5) is 0 Å². The van der Waals surface area contributed by atoms with Gasteiger partial charge in [0.25, 0.3) is 0 Å². The minimum Gasteiger partial charge on any atom is -0.396 e. The molecule has 6 atom stereocenters. The van der Waals surface area contributed by atoms with Gasteiger partial charge in [-0.25, -0.2) is 0 Å². The van der Waals surface area contributed by atoms with Crippen molar-refractivity contribution in [3.05, 3.63) is 24.3 Å². The predicted octanol–water partition coefficient (Wildman–Crippen LogP) is 4.08. The zero-order valence-electron chi connectivity index (χ0n) is 14.4. The smallest absolute Gasteiger partial charge is 0.0618 e. The highest BCUT2D eigenvalue weighted by atomic mass is 16.3. The lowest BCUT2D eigenvalue weighted by molar-refractivity contribution is -0.153. The van der Waals surface area contributed by atoms with E-state index >= 15 is 0 Å². The second kappa shape index (κ2) is 5.21. The first-order valence-electron chi connectivity index (χ1n) is 8.93. The van der Waals surface area contributed by atoms with Crippen LogP contribution in [0.3, 0.4) is 0 Å². The van der Waals surface area contributed by atoms with E-state index in [2.05, 4.69) is 39.5 Å². The molecule has 0 aromatic carbocycles. The van der Waals surface area contributed by atoms with Crippen LogP contribution < -0.4 is 0 Å². The van der Waals surface area contributed by atoms with Crippen molar-refractivity contribution in [3.63, 3.8) is 0 Å². The maximum absolute atomic E-state index is 10.5. The molecule has 0 heterocycles. The van der Waals surface area contributed by atoms with E-state index in [1.807, 2.05) is 0 Å². The molecule has 0 aliphatic heterocycles. The Bertz CT molecular complexity index is 496. The van der Waals surface area contributed by atoms with Gasteiger partial charge >= 0.3 is 0 Å². The fraction of sp³-hybridized carbons (Fsp3) is 0.800. The molecule has 2 saturated carbocycles. The number of allylic oxidation sites excluding steroid dienone is 3. The molecule has 2 fully saturated rings. The third-order valence-electron chi connectivity index (χ3n) is 7.57. The highest BCUT2D eigenvalue weighted by Crippen LogP contribution is 2.63. The van der Waals surface area contributed by atoms with Crippen molar-refractivity contribution in [1.29, 1.82) is 0 Å². The van der Waals surface area contributed by atoms with Gasteiger partial charge in [-0.3, -0.25) is 0 Å². The standard InChI is InChI=1S/C20H32O2/c1-5-18(2)10-8-15-14(12-18)6-7-16-19(15,3)11-9-17(22)20(16,4)13-21/h5,12,15-17,21-22H,1,6-11,13H2,2-4H3/t15?,16?,17?,18-,19+,20-/m0/s1. The quantitative estimate of drug-likeness (QED) is 0.755. The Balaban J connectivity index is 1.98. The molecule has 0 bridgehead atoms. The monoisotopic (exact) mass is 304 g/mol. The molecule has 3 aliphatic rings. The number of aliphatic hydroxyl groups is 2. The highest BCUT2D eigenvalue weighted by molar-refractivity contribution is 5.27. The maximum Gasteiger partial charge on any atom is 0.0618 e. The first kappa shape index (κ1) is 16.3. The number of hydrogen-bond acceptors (Lipinski definition) is 2. The Morgan fingerprint density at radius 3 is 2.59 bits per heavy atom. The number of aliphatic hydroxyl groups excluding tert-OH is 2. The van der Waals surface area contributed by atoms with Crippen molar-refractivity contribution in [3.8, 4) is 0 Å². The molecular weight excluding hydrogens is 272 g/mol. The summed E-state index contributed by atoms with van der Waals surface area (Å²) in [5.74, 6) is 1.04. The lowest BCUT2D eigenvalue weighted by Gasteiger charge is -2.61. The summed E-state index contributed by atoms with van der Waals surface area (Å²) < 4.78 is 0. The van der Waals surface area contributed by atoms with Gasteiger partial charge in [0.1, 0.15) is 0 Å². The van der Waals surface area contributed by atoms with Crippen molar-refractivity contribution < 1.29 is 10.2 Å². The molecule has 3 unspecified atom stereocenters. The highest BCUT2D eigenvalue weighted by Gasteiger charge is 2.58. The zero-order chi connectivity index (χ0) is 16.2. The molecule has 3 aliphatic carbocycles. The van der Waals surface area contributed by atoms with Crippen molar-refractivity contribution in [1.82, 2.24) is 0 Å². The molecule has 3 rings (SSSR count). The molecule has 0 spiro atoms. The largest absolute Gasteiger partial charge is 0.396 e. The minimum absolute atomic E-state index is 0.102. The summed E-state index contributed by atoms with van der Waals surface area (Å²) in [6.45, 7) is 10.9. The Labute approximate surface area is 135 Å².